The monoisotopic (exact) mass is 491 g/mol. The van der Waals surface area contributed by atoms with Crippen molar-refractivity contribution in [3.05, 3.63) is 65.3 Å². The summed E-state index contributed by atoms with van der Waals surface area (Å²) >= 11 is 5.95. The Kier molecular flexibility index (Phi) is 6.50. The number of hydrogen-bond acceptors (Lipinski definition) is 7. The first kappa shape index (κ1) is 23.0. The number of piperazine rings is 1. The average molecular weight is 492 g/mol. The highest BCUT2D eigenvalue weighted by atomic mass is 35.5. The number of hydrogen-bond donors (Lipinski definition) is 1. The smallest absolute Gasteiger partial charge is 0.228 e. The Hall–Kier alpha value is -3.72. The van der Waals surface area contributed by atoms with Gasteiger partial charge in [-0.15, -0.1) is 10.2 Å². The van der Waals surface area contributed by atoms with Crippen LogP contribution in [0.25, 0.3) is 0 Å². The van der Waals surface area contributed by atoms with Gasteiger partial charge in [-0.3, -0.25) is 9.59 Å². The number of aryl methyl sites for hydroxylation is 1. The summed E-state index contributed by atoms with van der Waals surface area (Å²) in [6.45, 7) is 4.87. The van der Waals surface area contributed by atoms with E-state index in [4.69, 9.17) is 11.6 Å². The summed E-state index contributed by atoms with van der Waals surface area (Å²) < 4.78 is 0. The van der Waals surface area contributed by atoms with Gasteiger partial charge in [-0.05, 0) is 55.0 Å². The number of carbonyl (C=O) groups is 2. The molecule has 1 aromatic carbocycles. The summed E-state index contributed by atoms with van der Waals surface area (Å²) in [5.74, 6) is 1.77. The standard InChI is InChI=1S/C25H26ClN7O2/c1-17-2-7-21(27-15-17)28-22-8-9-23(30-29-22)31-10-12-32(13-11-31)25(35)18-14-24(34)33(16-18)20-5-3-19(26)4-6-20/h2-9,15,18H,10-14,16H2,1H3,(H,27,28,29). The fourth-order valence-corrected chi connectivity index (χ4v) is 4.52. The molecule has 0 bridgehead atoms. The van der Waals surface area contributed by atoms with E-state index in [-0.39, 0.29) is 24.2 Å². The van der Waals surface area contributed by atoms with Crippen LogP contribution in [-0.4, -0.2) is 64.6 Å². The van der Waals surface area contributed by atoms with E-state index in [1.54, 1.807) is 23.2 Å². The van der Waals surface area contributed by atoms with Gasteiger partial charge in [0.1, 0.15) is 5.82 Å². The van der Waals surface area contributed by atoms with Crippen LogP contribution in [0.4, 0.5) is 23.1 Å². The fraction of sp³-hybridized carbons (Fsp3) is 0.320. The lowest BCUT2D eigenvalue weighted by atomic mass is 10.1. The molecule has 1 atom stereocenters. The third-order valence-corrected chi connectivity index (χ3v) is 6.60. The SMILES string of the molecule is Cc1ccc(Nc2ccc(N3CCN(C(=O)C4CC(=O)N(c5ccc(Cl)cc5)C4)CC3)nn2)nc1. The molecule has 2 amide bonds. The van der Waals surface area contributed by atoms with Crippen molar-refractivity contribution in [1.82, 2.24) is 20.1 Å². The van der Waals surface area contributed by atoms with E-state index in [9.17, 15) is 9.59 Å². The zero-order valence-corrected chi connectivity index (χ0v) is 20.1. The molecule has 10 heteroatoms. The van der Waals surface area contributed by atoms with Crippen molar-refractivity contribution in [2.75, 3.05) is 47.8 Å². The van der Waals surface area contributed by atoms with Gasteiger partial charge in [0.15, 0.2) is 11.6 Å². The Morgan fingerprint density at radius 1 is 0.971 bits per heavy atom. The van der Waals surface area contributed by atoms with E-state index >= 15 is 0 Å². The van der Waals surface area contributed by atoms with Crippen LogP contribution in [0.1, 0.15) is 12.0 Å². The molecule has 5 rings (SSSR count). The Morgan fingerprint density at radius 2 is 1.71 bits per heavy atom. The quantitative estimate of drug-likeness (QED) is 0.585. The number of benzene rings is 1. The van der Waals surface area contributed by atoms with Gasteiger partial charge in [-0.1, -0.05) is 17.7 Å². The molecule has 2 saturated heterocycles. The minimum absolute atomic E-state index is 0.0330. The predicted octanol–water partition coefficient (Wildman–Crippen LogP) is 3.28. The molecule has 2 aliphatic heterocycles. The highest BCUT2D eigenvalue weighted by Gasteiger charge is 2.38. The summed E-state index contributed by atoms with van der Waals surface area (Å²) in [6.07, 6.45) is 2.03. The summed E-state index contributed by atoms with van der Waals surface area (Å²) in [6, 6.07) is 14.8. The van der Waals surface area contributed by atoms with E-state index < -0.39 is 0 Å². The predicted molar refractivity (Wildman–Crippen MR) is 135 cm³/mol. The first-order chi connectivity index (χ1) is 17.0. The van der Waals surface area contributed by atoms with Crippen LogP contribution in [-0.2, 0) is 9.59 Å². The summed E-state index contributed by atoms with van der Waals surface area (Å²) in [4.78, 5) is 35.6. The van der Waals surface area contributed by atoms with Crippen LogP contribution in [0.2, 0.25) is 5.02 Å². The number of anilines is 4. The van der Waals surface area contributed by atoms with Gasteiger partial charge in [0, 0.05) is 56.1 Å². The molecule has 2 fully saturated rings. The number of amides is 2. The van der Waals surface area contributed by atoms with Gasteiger partial charge in [0.2, 0.25) is 11.8 Å². The van der Waals surface area contributed by atoms with Gasteiger partial charge >= 0.3 is 0 Å². The molecule has 2 aliphatic rings. The topological polar surface area (TPSA) is 94.6 Å². The molecular weight excluding hydrogens is 466 g/mol. The normalized spacial score (nSPS) is 18.2. The van der Waals surface area contributed by atoms with Crippen molar-refractivity contribution in [3.8, 4) is 0 Å². The van der Waals surface area contributed by atoms with Crippen LogP contribution in [0, 0.1) is 12.8 Å². The van der Waals surface area contributed by atoms with Crippen molar-refractivity contribution in [1.29, 1.82) is 0 Å². The minimum atomic E-state index is -0.328. The highest BCUT2D eigenvalue weighted by Crippen LogP contribution is 2.28. The van der Waals surface area contributed by atoms with Crippen LogP contribution in [0.5, 0.6) is 0 Å². The molecule has 0 saturated carbocycles. The van der Waals surface area contributed by atoms with Crippen molar-refractivity contribution >= 4 is 46.6 Å². The van der Waals surface area contributed by atoms with Crippen LogP contribution < -0.4 is 15.1 Å². The lowest BCUT2D eigenvalue weighted by Gasteiger charge is -2.36. The largest absolute Gasteiger partial charge is 0.352 e. The molecule has 2 aromatic heterocycles. The number of nitrogens with one attached hydrogen (secondary N) is 1. The maximum absolute atomic E-state index is 13.1. The maximum atomic E-state index is 13.1. The number of rotatable bonds is 5. The molecule has 1 N–H and O–H groups in total. The average Bonchev–Trinajstić information content (AvgIpc) is 3.27. The van der Waals surface area contributed by atoms with E-state index in [0.29, 0.717) is 49.4 Å². The number of halogens is 1. The number of carbonyl (C=O) groups excluding carboxylic acids is 2. The Balaban J connectivity index is 1.14. The molecule has 1 unspecified atom stereocenters. The summed E-state index contributed by atoms with van der Waals surface area (Å²) in [5, 5.41) is 12.4. The maximum Gasteiger partial charge on any atom is 0.228 e. The van der Waals surface area contributed by atoms with E-state index in [1.165, 1.54) is 0 Å². The number of nitrogens with zero attached hydrogens (tertiary/aromatic N) is 6. The van der Waals surface area contributed by atoms with Crippen LogP contribution >= 0.6 is 11.6 Å². The van der Waals surface area contributed by atoms with Crippen molar-refractivity contribution in [2.24, 2.45) is 5.92 Å². The zero-order valence-electron chi connectivity index (χ0n) is 19.4. The van der Waals surface area contributed by atoms with Gasteiger partial charge in [-0.2, -0.15) is 0 Å². The van der Waals surface area contributed by atoms with Crippen LogP contribution in [0.3, 0.4) is 0 Å². The fourth-order valence-electron chi connectivity index (χ4n) is 4.39. The lowest BCUT2D eigenvalue weighted by molar-refractivity contribution is -0.136. The minimum Gasteiger partial charge on any atom is -0.352 e. The first-order valence-corrected chi connectivity index (χ1v) is 12.0. The van der Waals surface area contributed by atoms with Crippen molar-refractivity contribution in [3.63, 3.8) is 0 Å². The summed E-state index contributed by atoms with van der Waals surface area (Å²) in [7, 11) is 0. The molecule has 0 spiro atoms. The van der Waals surface area contributed by atoms with Gasteiger partial charge in [-0.25, -0.2) is 4.98 Å². The Morgan fingerprint density at radius 3 is 2.37 bits per heavy atom. The number of pyridine rings is 1. The highest BCUT2D eigenvalue weighted by molar-refractivity contribution is 6.30. The third-order valence-electron chi connectivity index (χ3n) is 6.35. The van der Waals surface area contributed by atoms with E-state index in [1.807, 2.05) is 48.2 Å². The van der Waals surface area contributed by atoms with Gasteiger partial charge in [0.05, 0.1) is 5.92 Å². The second-order valence-electron chi connectivity index (χ2n) is 8.82. The van der Waals surface area contributed by atoms with E-state index in [2.05, 4.69) is 25.4 Å². The Labute approximate surface area is 208 Å². The molecule has 4 heterocycles. The molecule has 35 heavy (non-hydrogen) atoms. The van der Waals surface area contributed by atoms with Crippen molar-refractivity contribution < 1.29 is 9.59 Å². The second kappa shape index (κ2) is 9.87. The zero-order chi connectivity index (χ0) is 24.4. The van der Waals surface area contributed by atoms with E-state index in [0.717, 1.165) is 17.1 Å². The molecule has 9 nitrogen and oxygen atoms in total. The molecule has 0 aliphatic carbocycles. The Bertz CT molecular complexity index is 1190. The van der Waals surface area contributed by atoms with Crippen LogP contribution in [0.15, 0.2) is 54.7 Å². The second-order valence-corrected chi connectivity index (χ2v) is 9.25. The molecular formula is C25H26ClN7O2. The third kappa shape index (κ3) is 5.19. The molecule has 180 valence electrons. The van der Waals surface area contributed by atoms with Crippen molar-refractivity contribution in [2.45, 2.75) is 13.3 Å². The number of aromatic nitrogens is 3. The van der Waals surface area contributed by atoms with Gasteiger partial charge in [0.25, 0.3) is 0 Å². The molecule has 0 radical (unpaired) electrons. The first-order valence-electron chi connectivity index (χ1n) is 11.6. The molecule has 3 aromatic rings. The lowest BCUT2D eigenvalue weighted by Crippen LogP contribution is -2.51. The summed E-state index contributed by atoms with van der Waals surface area (Å²) in [5.41, 5.74) is 1.86. The van der Waals surface area contributed by atoms with Gasteiger partial charge < -0.3 is 20.0 Å².